The van der Waals surface area contributed by atoms with Crippen LogP contribution in [0.5, 0.6) is 5.75 Å². The molecule has 0 bridgehead atoms. The van der Waals surface area contributed by atoms with E-state index < -0.39 is 17.5 Å². The zero-order valence-corrected chi connectivity index (χ0v) is 12.6. The number of methoxy groups -OCH3 is 1. The zero-order valence-electron chi connectivity index (χ0n) is 12.6. The average Bonchev–Trinajstić information content (AvgIpc) is 2.59. The van der Waals surface area contributed by atoms with Crippen LogP contribution in [0.1, 0.15) is 11.3 Å². The van der Waals surface area contributed by atoms with Gasteiger partial charge in [0.25, 0.3) is 0 Å². The molecule has 0 spiro atoms. The Hall–Kier alpha value is -2.67. The van der Waals surface area contributed by atoms with E-state index in [0.717, 1.165) is 6.33 Å². The smallest absolute Gasteiger partial charge is 0.427 e. The SMILES string of the molecule is COc1ccc(C(O)(c2ncnc3ccccc23)C(F)(F)F)cc1. The Morgan fingerprint density at radius 2 is 1.62 bits per heavy atom. The molecule has 0 aliphatic carbocycles. The molecule has 1 unspecified atom stereocenters. The lowest BCUT2D eigenvalue weighted by molar-refractivity contribution is -0.249. The van der Waals surface area contributed by atoms with Crippen molar-refractivity contribution in [3.63, 3.8) is 0 Å². The van der Waals surface area contributed by atoms with E-state index in [0.29, 0.717) is 11.3 Å². The molecule has 0 aliphatic heterocycles. The van der Waals surface area contributed by atoms with Crippen LogP contribution in [-0.2, 0) is 5.60 Å². The van der Waals surface area contributed by atoms with Crippen LogP contribution in [0.15, 0.2) is 54.9 Å². The summed E-state index contributed by atoms with van der Waals surface area (Å²) >= 11 is 0. The van der Waals surface area contributed by atoms with Crippen molar-refractivity contribution < 1.29 is 23.0 Å². The van der Waals surface area contributed by atoms with E-state index in [9.17, 15) is 18.3 Å². The van der Waals surface area contributed by atoms with Crippen LogP contribution in [-0.4, -0.2) is 28.4 Å². The van der Waals surface area contributed by atoms with Crippen molar-refractivity contribution in [3.05, 3.63) is 66.1 Å². The maximum Gasteiger partial charge on any atom is 0.427 e. The number of hydrogen-bond donors (Lipinski definition) is 1. The van der Waals surface area contributed by atoms with E-state index in [4.69, 9.17) is 4.74 Å². The normalized spacial score (nSPS) is 14.4. The maximum atomic E-state index is 13.8. The van der Waals surface area contributed by atoms with Crippen molar-refractivity contribution in [2.45, 2.75) is 11.8 Å². The van der Waals surface area contributed by atoms with Crippen LogP contribution >= 0.6 is 0 Å². The highest BCUT2D eigenvalue weighted by Crippen LogP contribution is 2.45. The zero-order chi connectivity index (χ0) is 17.4. The van der Waals surface area contributed by atoms with Gasteiger partial charge in [-0.3, -0.25) is 0 Å². The van der Waals surface area contributed by atoms with Crippen molar-refractivity contribution in [1.29, 1.82) is 0 Å². The van der Waals surface area contributed by atoms with E-state index >= 15 is 0 Å². The predicted molar refractivity (Wildman–Crippen MR) is 81.6 cm³/mol. The Labute approximate surface area is 135 Å². The van der Waals surface area contributed by atoms with Gasteiger partial charge in [-0.25, -0.2) is 9.97 Å². The van der Waals surface area contributed by atoms with Gasteiger partial charge in [0.2, 0.25) is 5.60 Å². The van der Waals surface area contributed by atoms with E-state index in [1.807, 2.05) is 0 Å². The van der Waals surface area contributed by atoms with Crippen molar-refractivity contribution >= 4 is 10.9 Å². The highest BCUT2D eigenvalue weighted by Gasteiger charge is 2.58. The molecule has 0 saturated carbocycles. The lowest BCUT2D eigenvalue weighted by Crippen LogP contribution is -2.44. The summed E-state index contributed by atoms with van der Waals surface area (Å²) in [6.45, 7) is 0. The number of alkyl halides is 3. The Bertz CT molecular complexity index is 860. The summed E-state index contributed by atoms with van der Waals surface area (Å²) in [6.07, 6.45) is -3.96. The Kier molecular flexibility index (Phi) is 3.88. The third kappa shape index (κ3) is 2.46. The standard InChI is InChI=1S/C17H13F3N2O2/c1-24-12-8-6-11(7-9-12)16(23,17(18,19)20)15-13-4-2-3-5-14(13)21-10-22-15/h2-10,23H,1H3. The molecule has 0 amide bonds. The van der Waals surface area contributed by atoms with Gasteiger partial charge in [0.1, 0.15) is 12.1 Å². The van der Waals surface area contributed by atoms with Crippen molar-refractivity contribution in [1.82, 2.24) is 9.97 Å². The topological polar surface area (TPSA) is 55.2 Å². The lowest BCUT2D eigenvalue weighted by atomic mass is 9.87. The Morgan fingerprint density at radius 1 is 0.958 bits per heavy atom. The molecule has 0 saturated heterocycles. The monoisotopic (exact) mass is 334 g/mol. The first kappa shape index (κ1) is 16.2. The maximum absolute atomic E-state index is 13.8. The quantitative estimate of drug-likeness (QED) is 0.797. The van der Waals surface area contributed by atoms with Crippen LogP contribution in [0.25, 0.3) is 10.9 Å². The molecule has 1 N–H and O–H groups in total. The molecule has 0 fully saturated rings. The number of hydrogen-bond acceptors (Lipinski definition) is 4. The minimum Gasteiger partial charge on any atom is -0.497 e. The number of aromatic nitrogens is 2. The second-order valence-corrected chi connectivity index (χ2v) is 5.18. The van der Waals surface area contributed by atoms with Crippen LogP contribution in [0.4, 0.5) is 13.2 Å². The molecular formula is C17H13F3N2O2. The minimum atomic E-state index is -4.97. The van der Waals surface area contributed by atoms with Crippen LogP contribution in [0.2, 0.25) is 0 Å². The Morgan fingerprint density at radius 3 is 2.25 bits per heavy atom. The molecule has 2 aromatic carbocycles. The van der Waals surface area contributed by atoms with Gasteiger partial charge in [0, 0.05) is 5.39 Å². The largest absolute Gasteiger partial charge is 0.497 e. The summed E-state index contributed by atoms with van der Waals surface area (Å²) in [5.41, 5.74) is -3.80. The summed E-state index contributed by atoms with van der Waals surface area (Å²) in [7, 11) is 1.41. The molecule has 24 heavy (non-hydrogen) atoms. The second kappa shape index (κ2) is 5.76. The highest BCUT2D eigenvalue weighted by molar-refractivity contribution is 5.82. The molecule has 124 valence electrons. The van der Waals surface area contributed by atoms with Crippen molar-refractivity contribution in [3.8, 4) is 5.75 Å². The average molecular weight is 334 g/mol. The van der Waals surface area contributed by atoms with E-state index in [1.54, 1.807) is 18.2 Å². The number of rotatable bonds is 3. The van der Waals surface area contributed by atoms with E-state index in [2.05, 4.69) is 9.97 Å². The summed E-state index contributed by atoms with van der Waals surface area (Å²) in [5.74, 6) is 0.385. The van der Waals surface area contributed by atoms with Gasteiger partial charge in [-0.05, 0) is 23.8 Å². The molecule has 4 nitrogen and oxygen atoms in total. The molecule has 1 aromatic heterocycles. The van der Waals surface area contributed by atoms with Gasteiger partial charge in [-0.2, -0.15) is 13.2 Å². The second-order valence-electron chi connectivity index (χ2n) is 5.18. The first-order valence-electron chi connectivity index (χ1n) is 7.02. The van der Waals surface area contributed by atoms with Gasteiger partial charge in [-0.15, -0.1) is 0 Å². The van der Waals surface area contributed by atoms with Gasteiger partial charge in [-0.1, -0.05) is 30.3 Å². The first-order chi connectivity index (χ1) is 11.4. The fourth-order valence-corrected chi connectivity index (χ4v) is 2.56. The van der Waals surface area contributed by atoms with E-state index in [-0.39, 0.29) is 10.9 Å². The molecule has 0 aliphatic rings. The van der Waals surface area contributed by atoms with E-state index in [1.165, 1.54) is 37.4 Å². The fraction of sp³-hybridized carbons (Fsp3) is 0.176. The van der Waals surface area contributed by atoms with Crippen LogP contribution in [0, 0.1) is 0 Å². The number of aliphatic hydroxyl groups is 1. The first-order valence-corrected chi connectivity index (χ1v) is 7.02. The molecule has 1 atom stereocenters. The van der Waals surface area contributed by atoms with Gasteiger partial charge < -0.3 is 9.84 Å². The molecule has 0 radical (unpaired) electrons. The lowest BCUT2D eigenvalue weighted by Gasteiger charge is -2.31. The summed E-state index contributed by atoms with van der Waals surface area (Å²) < 4.78 is 46.5. The number of nitrogens with zero attached hydrogens (tertiary/aromatic N) is 2. The molecule has 1 heterocycles. The predicted octanol–water partition coefficient (Wildman–Crippen LogP) is 3.44. The number of benzene rings is 2. The number of halogens is 3. The number of para-hydroxylation sites is 1. The van der Waals surface area contributed by atoms with Gasteiger partial charge >= 0.3 is 6.18 Å². The summed E-state index contributed by atoms with van der Waals surface area (Å²) in [6, 6.07) is 11.3. The van der Waals surface area contributed by atoms with Crippen LogP contribution in [0.3, 0.4) is 0 Å². The number of fused-ring (bicyclic) bond motifs is 1. The van der Waals surface area contributed by atoms with Crippen molar-refractivity contribution in [2.75, 3.05) is 7.11 Å². The third-order valence-electron chi connectivity index (χ3n) is 3.80. The molecule has 3 rings (SSSR count). The summed E-state index contributed by atoms with van der Waals surface area (Å²) in [5, 5.41) is 10.8. The molecule has 7 heteroatoms. The van der Waals surface area contributed by atoms with Crippen LogP contribution < -0.4 is 4.74 Å². The third-order valence-corrected chi connectivity index (χ3v) is 3.80. The molecule has 3 aromatic rings. The Balaban J connectivity index is 2.29. The molecular weight excluding hydrogens is 321 g/mol. The fourth-order valence-electron chi connectivity index (χ4n) is 2.56. The number of ether oxygens (including phenoxy) is 1. The highest BCUT2D eigenvalue weighted by atomic mass is 19.4. The summed E-state index contributed by atoms with van der Waals surface area (Å²) in [4.78, 5) is 7.70. The minimum absolute atomic E-state index is 0.135. The van der Waals surface area contributed by atoms with Gasteiger partial charge in [0.05, 0.1) is 18.3 Å². The van der Waals surface area contributed by atoms with Gasteiger partial charge in [0.15, 0.2) is 0 Å². The van der Waals surface area contributed by atoms with Crippen molar-refractivity contribution in [2.24, 2.45) is 0 Å².